The number of ether oxygens (including phenoxy) is 1. The third kappa shape index (κ3) is 4.79. The highest BCUT2D eigenvalue weighted by molar-refractivity contribution is 14.1. The van der Waals surface area contributed by atoms with Gasteiger partial charge in [-0.15, -0.1) is 11.3 Å². The molecular formula is C14H21IO2S. The smallest absolute Gasteiger partial charge is 0.0798 e. The molecule has 0 aromatic carbocycles. The summed E-state index contributed by atoms with van der Waals surface area (Å²) >= 11 is 4.01. The molecule has 18 heavy (non-hydrogen) atoms. The molecule has 1 fully saturated rings. The second-order valence-corrected chi connectivity index (χ2v) is 7.85. The lowest BCUT2D eigenvalue weighted by molar-refractivity contribution is 0.0626. The Morgan fingerprint density at radius 1 is 1.39 bits per heavy atom. The molecule has 1 aliphatic heterocycles. The lowest BCUT2D eigenvalue weighted by Gasteiger charge is -2.21. The van der Waals surface area contributed by atoms with Gasteiger partial charge in [-0.25, -0.2) is 0 Å². The number of thiophene rings is 1. The minimum atomic E-state index is -0.264. The van der Waals surface area contributed by atoms with Crippen LogP contribution in [0.5, 0.6) is 0 Å². The van der Waals surface area contributed by atoms with E-state index in [-0.39, 0.29) is 6.10 Å². The molecule has 4 heteroatoms. The fourth-order valence-electron chi connectivity index (χ4n) is 2.47. The van der Waals surface area contributed by atoms with Crippen LogP contribution >= 0.6 is 33.9 Å². The van der Waals surface area contributed by atoms with Crippen molar-refractivity contribution in [1.29, 1.82) is 0 Å². The van der Waals surface area contributed by atoms with Crippen LogP contribution in [0.2, 0.25) is 0 Å². The Labute approximate surface area is 127 Å². The van der Waals surface area contributed by atoms with Gasteiger partial charge in [-0.3, -0.25) is 0 Å². The van der Waals surface area contributed by atoms with E-state index >= 15 is 0 Å². The summed E-state index contributed by atoms with van der Waals surface area (Å²) in [5.74, 6) is 0.859. The van der Waals surface area contributed by atoms with E-state index in [2.05, 4.69) is 34.0 Å². The van der Waals surface area contributed by atoms with Crippen molar-refractivity contribution >= 4 is 33.9 Å². The average Bonchev–Trinajstić information content (AvgIpc) is 2.82. The SMILES string of the molecule is OC(CCCCC1CCOCC1)c1csc(I)c1. The summed E-state index contributed by atoms with van der Waals surface area (Å²) in [6.45, 7) is 1.89. The summed E-state index contributed by atoms with van der Waals surface area (Å²) in [5.41, 5.74) is 1.09. The highest BCUT2D eigenvalue weighted by Gasteiger charge is 2.14. The van der Waals surface area contributed by atoms with Gasteiger partial charge in [0, 0.05) is 13.2 Å². The molecule has 1 saturated heterocycles. The Hall–Kier alpha value is 0.350. The molecule has 0 aliphatic carbocycles. The molecule has 2 nitrogen and oxygen atoms in total. The molecule has 102 valence electrons. The number of aliphatic hydroxyl groups is 1. The van der Waals surface area contributed by atoms with E-state index in [9.17, 15) is 5.11 Å². The first-order valence-corrected chi connectivity index (χ1v) is 8.71. The van der Waals surface area contributed by atoms with Crippen molar-refractivity contribution in [2.24, 2.45) is 5.92 Å². The minimum Gasteiger partial charge on any atom is -0.388 e. The molecule has 0 saturated carbocycles. The quantitative estimate of drug-likeness (QED) is 0.587. The van der Waals surface area contributed by atoms with Gasteiger partial charge < -0.3 is 9.84 Å². The van der Waals surface area contributed by atoms with Crippen LogP contribution in [0.4, 0.5) is 0 Å². The van der Waals surface area contributed by atoms with Crippen molar-refractivity contribution in [1.82, 2.24) is 0 Å². The average molecular weight is 380 g/mol. The maximum absolute atomic E-state index is 10.1. The van der Waals surface area contributed by atoms with Crippen LogP contribution in [-0.4, -0.2) is 18.3 Å². The van der Waals surface area contributed by atoms with E-state index in [0.29, 0.717) is 0 Å². The molecule has 0 radical (unpaired) electrons. The summed E-state index contributed by atoms with van der Waals surface area (Å²) in [6.07, 6.45) is 6.76. The first kappa shape index (κ1) is 14.8. The van der Waals surface area contributed by atoms with Crippen LogP contribution in [0.3, 0.4) is 0 Å². The van der Waals surface area contributed by atoms with Crippen LogP contribution in [-0.2, 0) is 4.74 Å². The van der Waals surface area contributed by atoms with Crippen LogP contribution in [0, 0.1) is 8.80 Å². The topological polar surface area (TPSA) is 29.5 Å². The number of hydrogen-bond donors (Lipinski definition) is 1. The van der Waals surface area contributed by atoms with E-state index < -0.39 is 0 Å². The predicted molar refractivity (Wildman–Crippen MR) is 84.0 cm³/mol. The van der Waals surface area contributed by atoms with Crippen molar-refractivity contribution in [2.75, 3.05) is 13.2 Å². The van der Waals surface area contributed by atoms with Crippen molar-refractivity contribution in [3.63, 3.8) is 0 Å². The lowest BCUT2D eigenvalue weighted by Crippen LogP contribution is -2.15. The van der Waals surface area contributed by atoms with Gasteiger partial charge in [0.15, 0.2) is 0 Å². The predicted octanol–water partition coefficient (Wildman–Crippen LogP) is 4.37. The van der Waals surface area contributed by atoms with Gasteiger partial charge in [0.25, 0.3) is 0 Å². The van der Waals surface area contributed by atoms with Crippen molar-refractivity contribution < 1.29 is 9.84 Å². The molecule has 2 heterocycles. The Kier molecular flexibility index (Phi) is 6.41. The summed E-state index contributed by atoms with van der Waals surface area (Å²) in [5, 5.41) is 12.1. The minimum absolute atomic E-state index is 0.264. The van der Waals surface area contributed by atoms with Crippen molar-refractivity contribution in [3.8, 4) is 0 Å². The lowest BCUT2D eigenvalue weighted by atomic mass is 9.93. The van der Waals surface area contributed by atoms with Gasteiger partial charge in [0.2, 0.25) is 0 Å². The number of unbranched alkanes of at least 4 members (excludes halogenated alkanes) is 1. The van der Waals surface area contributed by atoms with Gasteiger partial charge in [0.1, 0.15) is 0 Å². The molecule has 1 aliphatic rings. The first-order chi connectivity index (χ1) is 8.75. The third-order valence-corrected chi connectivity index (χ3v) is 5.46. The van der Waals surface area contributed by atoms with Crippen molar-refractivity contribution in [3.05, 3.63) is 19.9 Å². The Morgan fingerprint density at radius 2 is 2.17 bits per heavy atom. The van der Waals surface area contributed by atoms with Crippen LogP contribution in [0.25, 0.3) is 0 Å². The van der Waals surface area contributed by atoms with Crippen LogP contribution in [0.1, 0.15) is 50.2 Å². The second-order valence-electron chi connectivity index (χ2n) is 5.04. The third-order valence-electron chi connectivity index (χ3n) is 3.65. The molecular weight excluding hydrogens is 359 g/mol. The standard InChI is InChI=1S/C14H21IO2S/c15-14-9-12(10-18-14)13(16)4-2-1-3-11-5-7-17-8-6-11/h9-11,13,16H,1-8H2. The van der Waals surface area contributed by atoms with Gasteiger partial charge in [-0.1, -0.05) is 19.3 Å². The highest BCUT2D eigenvalue weighted by atomic mass is 127. The molecule has 2 rings (SSSR count). The van der Waals surface area contributed by atoms with E-state index in [4.69, 9.17) is 4.74 Å². The first-order valence-electron chi connectivity index (χ1n) is 6.75. The van der Waals surface area contributed by atoms with Crippen LogP contribution in [0.15, 0.2) is 11.4 Å². The van der Waals surface area contributed by atoms with Gasteiger partial charge in [-0.05, 0) is 64.8 Å². The maximum atomic E-state index is 10.1. The zero-order valence-corrected chi connectivity index (χ0v) is 13.6. The Bertz CT molecular complexity index is 347. The van der Waals surface area contributed by atoms with E-state index in [1.54, 1.807) is 11.3 Å². The summed E-state index contributed by atoms with van der Waals surface area (Å²) in [7, 11) is 0. The Morgan fingerprint density at radius 3 is 2.83 bits per heavy atom. The molecule has 1 unspecified atom stereocenters. The van der Waals surface area contributed by atoms with E-state index in [1.807, 2.05) is 0 Å². The molecule has 1 N–H and O–H groups in total. The van der Waals surface area contributed by atoms with Gasteiger partial charge >= 0.3 is 0 Å². The number of halogens is 1. The highest BCUT2D eigenvalue weighted by Crippen LogP contribution is 2.27. The van der Waals surface area contributed by atoms with Gasteiger partial charge in [0.05, 0.1) is 8.99 Å². The van der Waals surface area contributed by atoms with E-state index in [1.165, 1.54) is 28.6 Å². The number of rotatable bonds is 6. The normalized spacial score (nSPS) is 19.0. The maximum Gasteiger partial charge on any atom is 0.0798 e. The molecule has 0 amide bonds. The monoisotopic (exact) mass is 380 g/mol. The molecule has 1 aromatic rings. The van der Waals surface area contributed by atoms with Crippen LogP contribution < -0.4 is 0 Å². The Balaban J connectivity index is 1.60. The summed E-state index contributed by atoms with van der Waals surface area (Å²) in [6, 6.07) is 2.09. The number of aliphatic hydroxyl groups excluding tert-OH is 1. The fourth-order valence-corrected chi connectivity index (χ4v) is 3.89. The fraction of sp³-hybridized carbons (Fsp3) is 0.714. The molecule has 1 aromatic heterocycles. The van der Waals surface area contributed by atoms with Crippen molar-refractivity contribution in [2.45, 2.75) is 44.6 Å². The molecule has 1 atom stereocenters. The number of hydrogen-bond acceptors (Lipinski definition) is 3. The largest absolute Gasteiger partial charge is 0.388 e. The van der Waals surface area contributed by atoms with E-state index in [0.717, 1.165) is 37.5 Å². The molecule has 0 spiro atoms. The summed E-state index contributed by atoms with van der Waals surface area (Å²) in [4.78, 5) is 0. The van der Waals surface area contributed by atoms with Gasteiger partial charge in [-0.2, -0.15) is 0 Å². The zero-order chi connectivity index (χ0) is 12.8. The second kappa shape index (κ2) is 7.82. The summed E-state index contributed by atoms with van der Waals surface area (Å²) < 4.78 is 6.62. The molecule has 0 bridgehead atoms. The zero-order valence-electron chi connectivity index (χ0n) is 10.6.